The maximum Gasteiger partial charge on any atom is 0.279 e. The number of pyridine rings is 1. The molecule has 1 fully saturated rings. The molecule has 3 aromatic rings. The minimum atomic E-state index is -0.451. The fourth-order valence-electron chi connectivity index (χ4n) is 2.34. The van der Waals surface area contributed by atoms with E-state index < -0.39 is 5.82 Å². The Hall–Kier alpha value is -2.39. The van der Waals surface area contributed by atoms with Gasteiger partial charge in [0, 0.05) is 17.4 Å². The van der Waals surface area contributed by atoms with E-state index in [-0.39, 0.29) is 11.6 Å². The molecule has 3 heterocycles. The van der Waals surface area contributed by atoms with Crippen LogP contribution in [-0.2, 0) is 0 Å². The summed E-state index contributed by atoms with van der Waals surface area (Å²) in [6, 6.07) is 1.31. The van der Waals surface area contributed by atoms with Gasteiger partial charge >= 0.3 is 0 Å². The molecule has 128 valence electrons. The van der Waals surface area contributed by atoms with Crippen LogP contribution in [0.25, 0.3) is 0 Å². The zero-order valence-electron chi connectivity index (χ0n) is 13.2. The maximum atomic E-state index is 13.3. The fourth-order valence-corrected chi connectivity index (χ4v) is 3.97. The van der Waals surface area contributed by atoms with Crippen LogP contribution in [0, 0.1) is 12.7 Å². The molecule has 3 aromatic heterocycles. The van der Waals surface area contributed by atoms with Gasteiger partial charge in [-0.25, -0.2) is 14.4 Å². The summed E-state index contributed by atoms with van der Waals surface area (Å²) < 4.78 is 13.3. The van der Waals surface area contributed by atoms with Gasteiger partial charge in [0.15, 0.2) is 10.8 Å². The average Bonchev–Trinajstić information content (AvgIpc) is 3.21. The number of nitrogens with zero attached hydrogens (tertiary/aromatic N) is 3. The van der Waals surface area contributed by atoms with E-state index in [0.717, 1.165) is 29.7 Å². The molecular weight excluding hydrogens is 361 g/mol. The second-order valence-electron chi connectivity index (χ2n) is 5.73. The lowest BCUT2D eigenvalue weighted by molar-refractivity contribution is 0.102. The largest absolute Gasteiger partial charge is 0.344 e. The van der Waals surface area contributed by atoms with Crippen molar-refractivity contribution < 1.29 is 9.18 Å². The second-order valence-corrected chi connectivity index (χ2v) is 7.79. The molecule has 0 spiro atoms. The van der Waals surface area contributed by atoms with E-state index in [9.17, 15) is 9.18 Å². The molecule has 0 aliphatic heterocycles. The molecular formula is C16H14FN5OS2. The van der Waals surface area contributed by atoms with Crippen molar-refractivity contribution in [2.75, 3.05) is 10.6 Å². The van der Waals surface area contributed by atoms with Crippen molar-refractivity contribution in [1.29, 1.82) is 0 Å². The van der Waals surface area contributed by atoms with Crippen LogP contribution >= 0.6 is 22.7 Å². The van der Waals surface area contributed by atoms with Crippen molar-refractivity contribution in [1.82, 2.24) is 15.0 Å². The van der Waals surface area contributed by atoms with Gasteiger partial charge < -0.3 is 5.32 Å². The first-order chi connectivity index (χ1) is 12.1. The van der Waals surface area contributed by atoms with Gasteiger partial charge in [-0.3, -0.25) is 15.1 Å². The van der Waals surface area contributed by atoms with Gasteiger partial charge in [0.25, 0.3) is 5.91 Å². The number of carbonyl (C=O) groups is 1. The number of rotatable bonds is 5. The highest BCUT2D eigenvalue weighted by atomic mass is 32.1. The number of carbonyl (C=O) groups excluding carboxylic acids is 1. The van der Waals surface area contributed by atoms with Crippen molar-refractivity contribution in [2.24, 2.45) is 0 Å². The van der Waals surface area contributed by atoms with Gasteiger partial charge in [-0.15, -0.1) is 22.7 Å². The molecule has 1 saturated carbocycles. The molecule has 0 saturated heterocycles. The lowest BCUT2D eigenvalue weighted by Crippen LogP contribution is -2.14. The van der Waals surface area contributed by atoms with Gasteiger partial charge in [-0.2, -0.15) is 0 Å². The molecule has 6 nitrogen and oxygen atoms in total. The van der Waals surface area contributed by atoms with Crippen LogP contribution < -0.4 is 10.6 Å². The topological polar surface area (TPSA) is 79.8 Å². The van der Waals surface area contributed by atoms with Crippen LogP contribution in [0.4, 0.5) is 20.2 Å². The Morgan fingerprint density at radius 3 is 2.92 bits per heavy atom. The smallest absolute Gasteiger partial charge is 0.279 e. The zero-order chi connectivity index (χ0) is 17.4. The minimum Gasteiger partial charge on any atom is -0.344 e. The summed E-state index contributed by atoms with van der Waals surface area (Å²) in [7, 11) is 0. The maximum absolute atomic E-state index is 13.3. The molecule has 25 heavy (non-hydrogen) atoms. The normalized spacial score (nSPS) is 13.7. The summed E-state index contributed by atoms with van der Waals surface area (Å²) in [6.07, 6.45) is 4.94. The standard InChI is InChI=1S/C16H14FN5OS2/c1-8-19-13(15(25-8)20-11-4-10(17)5-18-6-11)14(23)22-16-21-12(7-24-16)9-2-3-9/h4-7,9,20H,2-3H2,1H3,(H,21,22,23). The lowest BCUT2D eigenvalue weighted by Gasteiger charge is -2.05. The monoisotopic (exact) mass is 375 g/mol. The van der Waals surface area contributed by atoms with Crippen molar-refractivity contribution in [3.63, 3.8) is 0 Å². The van der Waals surface area contributed by atoms with E-state index in [4.69, 9.17) is 0 Å². The SMILES string of the molecule is Cc1nc(C(=O)Nc2nc(C3CC3)cs2)c(Nc2cncc(F)c2)s1. The van der Waals surface area contributed by atoms with E-state index in [2.05, 4.69) is 25.6 Å². The number of amides is 1. The van der Waals surface area contributed by atoms with Gasteiger partial charge in [0.1, 0.15) is 10.8 Å². The van der Waals surface area contributed by atoms with E-state index in [1.54, 1.807) is 0 Å². The number of anilines is 3. The third-order valence-corrected chi connectivity index (χ3v) is 5.31. The number of hydrogen-bond acceptors (Lipinski definition) is 7. The summed E-state index contributed by atoms with van der Waals surface area (Å²) in [5.74, 6) is -0.248. The molecule has 0 radical (unpaired) electrons. The number of halogens is 1. The molecule has 1 amide bonds. The number of hydrogen-bond donors (Lipinski definition) is 2. The summed E-state index contributed by atoms with van der Waals surface area (Å²) in [5, 5.41) is 9.63. The summed E-state index contributed by atoms with van der Waals surface area (Å²) in [5.41, 5.74) is 1.76. The Bertz CT molecular complexity index is 934. The van der Waals surface area contributed by atoms with E-state index >= 15 is 0 Å². The Morgan fingerprint density at radius 2 is 2.16 bits per heavy atom. The van der Waals surface area contributed by atoms with Crippen LogP contribution in [0.1, 0.15) is 39.9 Å². The van der Waals surface area contributed by atoms with E-state index in [0.29, 0.717) is 21.7 Å². The molecule has 1 aliphatic rings. The van der Waals surface area contributed by atoms with E-state index in [1.165, 1.54) is 34.9 Å². The first-order valence-corrected chi connectivity index (χ1v) is 9.40. The Labute approximate surface area is 151 Å². The number of nitrogens with one attached hydrogen (secondary N) is 2. The predicted molar refractivity (Wildman–Crippen MR) is 96.4 cm³/mol. The highest BCUT2D eigenvalue weighted by Crippen LogP contribution is 2.41. The first kappa shape index (κ1) is 16.1. The number of thiazole rings is 2. The van der Waals surface area contributed by atoms with Crippen LogP contribution in [0.5, 0.6) is 0 Å². The molecule has 0 bridgehead atoms. The Balaban J connectivity index is 1.53. The molecule has 1 aliphatic carbocycles. The number of aromatic nitrogens is 3. The highest BCUT2D eigenvalue weighted by molar-refractivity contribution is 7.16. The summed E-state index contributed by atoms with van der Waals surface area (Å²) >= 11 is 2.74. The summed E-state index contributed by atoms with van der Waals surface area (Å²) in [6.45, 7) is 1.81. The highest BCUT2D eigenvalue weighted by Gasteiger charge is 2.26. The third kappa shape index (κ3) is 3.67. The van der Waals surface area contributed by atoms with Crippen molar-refractivity contribution in [2.45, 2.75) is 25.7 Å². The van der Waals surface area contributed by atoms with Gasteiger partial charge in [-0.1, -0.05) is 0 Å². The molecule has 0 aromatic carbocycles. The lowest BCUT2D eigenvalue weighted by atomic mass is 10.3. The van der Waals surface area contributed by atoms with Gasteiger partial charge in [0.05, 0.1) is 28.8 Å². The van der Waals surface area contributed by atoms with Crippen molar-refractivity contribution >= 4 is 44.4 Å². The first-order valence-electron chi connectivity index (χ1n) is 7.70. The minimum absolute atomic E-state index is 0.259. The zero-order valence-corrected chi connectivity index (χ0v) is 14.9. The van der Waals surface area contributed by atoms with Crippen molar-refractivity contribution in [3.8, 4) is 0 Å². The third-order valence-electron chi connectivity index (χ3n) is 3.65. The van der Waals surface area contributed by atoms with Crippen LogP contribution in [0.3, 0.4) is 0 Å². The average molecular weight is 375 g/mol. The molecule has 0 unspecified atom stereocenters. The second kappa shape index (κ2) is 6.49. The van der Waals surface area contributed by atoms with E-state index in [1.807, 2.05) is 12.3 Å². The Kier molecular flexibility index (Phi) is 4.18. The molecule has 9 heteroatoms. The Morgan fingerprint density at radius 1 is 1.32 bits per heavy atom. The van der Waals surface area contributed by atoms with Gasteiger partial charge in [-0.05, 0) is 19.8 Å². The molecule has 2 N–H and O–H groups in total. The summed E-state index contributed by atoms with van der Waals surface area (Å²) in [4.78, 5) is 25.1. The number of aryl methyl sites for hydroxylation is 1. The fraction of sp³-hybridized carbons (Fsp3) is 0.250. The molecule has 0 atom stereocenters. The predicted octanol–water partition coefficient (Wildman–Crippen LogP) is 4.32. The van der Waals surface area contributed by atoms with Crippen LogP contribution in [0.15, 0.2) is 23.8 Å². The van der Waals surface area contributed by atoms with Crippen LogP contribution in [0.2, 0.25) is 0 Å². The van der Waals surface area contributed by atoms with Crippen molar-refractivity contribution in [3.05, 3.63) is 46.1 Å². The van der Waals surface area contributed by atoms with Gasteiger partial charge in [0.2, 0.25) is 0 Å². The molecule has 4 rings (SSSR count). The van der Waals surface area contributed by atoms with Crippen LogP contribution in [-0.4, -0.2) is 20.9 Å². The quantitative estimate of drug-likeness (QED) is 0.694.